The SMILES string of the molecule is O=Cc1cn(CCOc2ccccc2)nn1. The predicted octanol–water partition coefficient (Wildman–Crippen LogP) is 1.17. The minimum atomic E-state index is 0.333. The van der Waals surface area contributed by atoms with Gasteiger partial charge in [-0.2, -0.15) is 0 Å². The molecule has 82 valence electrons. The van der Waals surface area contributed by atoms with Crippen LogP contribution in [-0.2, 0) is 6.54 Å². The molecule has 0 aliphatic rings. The number of hydrogen-bond acceptors (Lipinski definition) is 4. The summed E-state index contributed by atoms with van der Waals surface area (Å²) < 4.78 is 7.05. The van der Waals surface area contributed by atoms with Crippen molar-refractivity contribution >= 4 is 6.29 Å². The van der Waals surface area contributed by atoms with Crippen LogP contribution in [0.1, 0.15) is 10.5 Å². The first-order valence-corrected chi connectivity index (χ1v) is 4.91. The van der Waals surface area contributed by atoms with E-state index in [2.05, 4.69) is 10.3 Å². The Labute approximate surface area is 92.7 Å². The van der Waals surface area contributed by atoms with Crippen molar-refractivity contribution in [3.63, 3.8) is 0 Å². The average molecular weight is 217 g/mol. The molecular weight excluding hydrogens is 206 g/mol. The molecule has 1 aromatic carbocycles. The maximum atomic E-state index is 10.4. The van der Waals surface area contributed by atoms with Crippen LogP contribution in [0, 0.1) is 0 Å². The molecule has 5 nitrogen and oxygen atoms in total. The second-order valence-corrected chi connectivity index (χ2v) is 3.19. The Bertz CT molecular complexity index is 453. The largest absolute Gasteiger partial charge is 0.492 e. The highest BCUT2D eigenvalue weighted by atomic mass is 16.5. The number of nitrogens with zero attached hydrogens (tertiary/aromatic N) is 3. The van der Waals surface area contributed by atoms with E-state index in [1.54, 1.807) is 10.9 Å². The van der Waals surface area contributed by atoms with Crippen LogP contribution < -0.4 is 4.74 Å². The van der Waals surface area contributed by atoms with Crippen LogP contribution in [0.2, 0.25) is 0 Å². The van der Waals surface area contributed by atoms with E-state index < -0.39 is 0 Å². The summed E-state index contributed by atoms with van der Waals surface area (Å²) in [4.78, 5) is 10.4. The molecular formula is C11H11N3O2. The minimum absolute atomic E-state index is 0.333. The smallest absolute Gasteiger partial charge is 0.171 e. The molecule has 0 saturated heterocycles. The van der Waals surface area contributed by atoms with Gasteiger partial charge in [-0.25, -0.2) is 4.68 Å². The quantitative estimate of drug-likeness (QED) is 0.705. The second-order valence-electron chi connectivity index (χ2n) is 3.19. The lowest BCUT2D eigenvalue weighted by Crippen LogP contribution is -2.08. The topological polar surface area (TPSA) is 57.0 Å². The Morgan fingerprint density at radius 1 is 1.31 bits per heavy atom. The number of aldehydes is 1. The summed E-state index contributed by atoms with van der Waals surface area (Å²) in [5.74, 6) is 0.818. The number of hydrogen-bond donors (Lipinski definition) is 0. The van der Waals surface area contributed by atoms with Crippen molar-refractivity contribution in [3.8, 4) is 5.75 Å². The van der Waals surface area contributed by atoms with E-state index in [1.807, 2.05) is 30.3 Å². The zero-order valence-corrected chi connectivity index (χ0v) is 8.61. The lowest BCUT2D eigenvalue weighted by Gasteiger charge is -2.04. The molecule has 0 bridgehead atoms. The van der Waals surface area contributed by atoms with Crippen molar-refractivity contribution in [1.29, 1.82) is 0 Å². The van der Waals surface area contributed by atoms with E-state index in [4.69, 9.17) is 4.74 Å². The van der Waals surface area contributed by atoms with Gasteiger partial charge in [-0.3, -0.25) is 4.79 Å². The molecule has 0 aliphatic carbocycles. The molecule has 16 heavy (non-hydrogen) atoms. The Kier molecular flexibility index (Phi) is 3.28. The molecule has 0 amide bonds. The summed E-state index contributed by atoms with van der Waals surface area (Å²) in [5.41, 5.74) is 0.333. The van der Waals surface area contributed by atoms with Crippen molar-refractivity contribution in [3.05, 3.63) is 42.2 Å². The first kappa shape index (κ1) is 10.4. The third kappa shape index (κ3) is 2.66. The predicted molar refractivity (Wildman–Crippen MR) is 57.3 cm³/mol. The lowest BCUT2D eigenvalue weighted by atomic mass is 10.3. The van der Waals surface area contributed by atoms with Crippen LogP contribution >= 0.6 is 0 Å². The minimum Gasteiger partial charge on any atom is -0.492 e. The average Bonchev–Trinajstić information content (AvgIpc) is 2.78. The van der Waals surface area contributed by atoms with Crippen LogP contribution in [0.25, 0.3) is 0 Å². The van der Waals surface area contributed by atoms with Gasteiger partial charge in [-0.1, -0.05) is 23.4 Å². The molecule has 0 atom stereocenters. The highest BCUT2D eigenvalue weighted by Crippen LogP contribution is 2.07. The van der Waals surface area contributed by atoms with E-state index in [-0.39, 0.29) is 0 Å². The number of rotatable bonds is 5. The van der Waals surface area contributed by atoms with Crippen molar-refractivity contribution in [1.82, 2.24) is 15.0 Å². The van der Waals surface area contributed by atoms with E-state index in [0.717, 1.165) is 5.75 Å². The van der Waals surface area contributed by atoms with Crippen molar-refractivity contribution < 1.29 is 9.53 Å². The van der Waals surface area contributed by atoms with Gasteiger partial charge in [0.05, 0.1) is 12.7 Å². The van der Waals surface area contributed by atoms with E-state index in [9.17, 15) is 4.79 Å². The number of ether oxygens (including phenoxy) is 1. The molecule has 0 radical (unpaired) electrons. The molecule has 1 heterocycles. The Hall–Kier alpha value is -2.17. The number of carbonyl (C=O) groups excluding carboxylic acids is 1. The molecule has 0 fully saturated rings. The van der Waals surface area contributed by atoms with Crippen molar-refractivity contribution in [2.75, 3.05) is 6.61 Å². The molecule has 0 saturated carbocycles. The van der Waals surface area contributed by atoms with Gasteiger partial charge in [0.1, 0.15) is 18.1 Å². The fourth-order valence-corrected chi connectivity index (χ4v) is 1.25. The lowest BCUT2D eigenvalue weighted by molar-refractivity contribution is 0.111. The third-order valence-corrected chi connectivity index (χ3v) is 2.01. The monoisotopic (exact) mass is 217 g/mol. The van der Waals surface area contributed by atoms with Gasteiger partial charge in [-0.05, 0) is 12.1 Å². The normalized spacial score (nSPS) is 10.0. The molecule has 0 aliphatic heterocycles. The number of carbonyl (C=O) groups is 1. The molecule has 2 aromatic rings. The summed E-state index contributed by atoms with van der Waals surface area (Å²) in [6.07, 6.45) is 2.25. The zero-order valence-electron chi connectivity index (χ0n) is 8.61. The van der Waals surface area contributed by atoms with Crippen LogP contribution in [0.5, 0.6) is 5.75 Å². The highest BCUT2D eigenvalue weighted by Gasteiger charge is 1.98. The van der Waals surface area contributed by atoms with Crippen LogP contribution in [0.4, 0.5) is 0 Å². The van der Waals surface area contributed by atoms with Gasteiger partial charge >= 0.3 is 0 Å². The second kappa shape index (κ2) is 5.06. The van der Waals surface area contributed by atoms with Gasteiger partial charge in [-0.15, -0.1) is 5.10 Å². The van der Waals surface area contributed by atoms with Gasteiger partial charge in [0.15, 0.2) is 6.29 Å². The van der Waals surface area contributed by atoms with E-state index in [0.29, 0.717) is 25.1 Å². The van der Waals surface area contributed by atoms with Gasteiger partial charge in [0, 0.05) is 0 Å². The summed E-state index contributed by atoms with van der Waals surface area (Å²) >= 11 is 0. The fourth-order valence-electron chi connectivity index (χ4n) is 1.25. The maximum Gasteiger partial charge on any atom is 0.171 e. The zero-order chi connectivity index (χ0) is 11.2. The van der Waals surface area contributed by atoms with Gasteiger partial charge < -0.3 is 4.74 Å². The van der Waals surface area contributed by atoms with Crippen molar-refractivity contribution in [2.45, 2.75) is 6.54 Å². The van der Waals surface area contributed by atoms with Crippen LogP contribution in [-0.4, -0.2) is 27.9 Å². The van der Waals surface area contributed by atoms with Crippen LogP contribution in [0.3, 0.4) is 0 Å². The first-order valence-electron chi connectivity index (χ1n) is 4.91. The third-order valence-electron chi connectivity index (χ3n) is 2.01. The molecule has 5 heteroatoms. The van der Waals surface area contributed by atoms with Gasteiger partial charge in [0.25, 0.3) is 0 Å². The maximum absolute atomic E-state index is 10.4. The molecule has 0 spiro atoms. The fraction of sp³-hybridized carbons (Fsp3) is 0.182. The van der Waals surface area contributed by atoms with Crippen molar-refractivity contribution in [2.24, 2.45) is 0 Å². The summed E-state index contributed by atoms with van der Waals surface area (Å²) in [6.45, 7) is 1.06. The Morgan fingerprint density at radius 3 is 2.81 bits per heavy atom. The molecule has 1 aromatic heterocycles. The Morgan fingerprint density at radius 2 is 2.12 bits per heavy atom. The summed E-state index contributed by atoms with van der Waals surface area (Å²) in [6, 6.07) is 9.53. The molecule has 2 rings (SSSR count). The molecule has 0 unspecified atom stereocenters. The summed E-state index contributed by atoms with van der Waals surface area (Å²) in [7, 11) is 0. The van der Waals surface area contributed by atoms with E-state index >= 15 is 0 Å². The first-order chi connectivity index (χ1) is 7.88. The number of aromatic nitrogens is 3. The Balaban J connectivity index is 1.82. The highest BCUT2D eigenvalue weighted by molar-refractivity contribution is 5.70. The molecule has 0 N–H and O–H groups in total. The number of benzene rings is 1. The van der Waals surface area contributed by atoms with Crippen LogP contribution in [0.15, 0.2) is 36.5 Å². The summed E-state index contributed by atoms with van der Waals surface area (Å²) in [5, 5.41) is 7.42. The standard InChI is InChI=1S/C11H11N3O2/c15-9-10-8-14(13-12-10)6-7-16-11-4-2-1-3-5-11/h1-5,8-9H,6-7H2. The van der Waals surface area contributed by atoms with E-state index in [1.165, 1.54) is 0 Å². The van der Waals surface area contributed by atoms with Gasteiger partial charge in [0.2, 0.25) is 0 Å². The number of para-hydroxylation sites is 1.